The maximum atomic E-state index is 12.9. The number of hydrogen-bond donors (Lipinski definition) is 2. The van der Waals surface area contributed by atoms with Crippen LogP contribution in [-0.2, 0) is 23.9 Å². The minimum absolute atomic E-state index is 0.243. The largest absolute Gasteiger partial charge is 0.573 e. The van der Waals surface area contributed by atoms with E-state index in [1.54, 1.807) is 30.5 Å². The highest BCUT2D eigenvalue weighted by atomic mass is 32.2. The summed E-state index contributed by atoms with van der Waals surface area (Å²) in [6.07, 6.45) is -1.62. The van der Waals surface area contributed by atoms with Gasteiger partial charge in [-0.3, -0.25) is 0 Å². The number of alkyl halides is 3. The number of fused-ring (bicyclic) bond motifs is 3. The highest BCUT2D eigenvalue weighted by molar-refractivity contribution is 7.79. The third kappa shape index (κ3) is 4.67. The molecule has 1 aliphatic rings. The van der Waals surface area contributed by atoms with Gasteiger partial charge < -0.3 is 14.6 Å². The molecule has 0 radical (unpaired) electrons. The molecule has 11 heteroatoms. The Hall–Kier alpha value is -3.28. The summed E-state index contributed by atoms with van der Waals surface area (Å²) in [6.45, 7) is 0. The maximum absolute atomic E-state index is 12.9. The van der Waals surface area contributed by atoms with Gasteiger partial charge in [0.2, 0.25) is 5.95 Å². The molecule has 0 fully saturated rings. The molecular formula is C23H16F3N3O3S2. The number of halogens is 3. The molecule has 0 aliphatic heterocycles. The second-order valence-electron chi connectivity index (χ2n) is 7.46. The van der Waals surface area contributed by atoms with E-state index in [1.807, 2.05) is 6.07 Å². The van der Waals surface area contributed by atoms with E-state index in [-0.39, 0.29) is 10.6 Å². The van der Waals surface area contributed by atoms with Crippen LogP contribution in [-0.4, -0.2) is 25.1 Å². The first kappa shape index (κ1) is 22.5. The predicted octanol–water partition coefficient (Wildman–Crippen LogP) is 6.19. The second-order valence-corrected chi connectivity index (χ2v) is 9.57. The van der Waals surface area contributed by atoms with Gasteiger partial charge in [0, 0.05) is 32.8 Å². The number of benzene rings is 2. The molecule has 2 heterocycles. The van der Waals surface area contributed by atoms with Gasteiger partial charge in [-0.05, 0) is 54.8 Å². The fourth-order valence-corrected chi connectivity index (χ4v) is 5.39. The lowest BCUT2D eigenvalue weighted by molar-refractivity contribution is -0.274. The molecule has 0 saturated heterocycles. The van der Waals surface area contributed by atoms with Crippen molar-refractivity contribution in [2.45, 2.75) is 24.1 Å². The van der Waals surface area contributed by atoms with Gasteiger partial charge in [0.15, 0.2) is 11.1 Å². The average molecular weight is 504 g/mol. The van der Waals surface area contributed by atoms with Crippen molar-refractivity contribution in [3.05, 3.63) is 71.2 Å². The summed E-state index contributed by atoms with van der Waals surface area (Å²) in [5.74, 6) is 0.0565. The summed E-state index contributed by atoms with van der Waals surface area (Å²) in [5.41, 5.74) is 3.41. The topological polar surface area (TPSA) is 84.3 Å². The summed E-state index contributed by atoms with van der Waals surface area (Å²) >= 11 is -0.696. The van der Waals surface area contributed by atoms with Gasteiger partial charge >= 0.3 is 6.36 Å². The number of nitrogens with zero attached hydrogens (tertiary/aromatic N) is 2. The van der Waals surface area contributed by atoms with Crippen molar-refractivity contribution in [3.8, 4) is 27.4 Å². The monoisotopic (exact) mass is 503 g/mol. The molecule has 0 spiro atoms. The summed E-state index contributed by atoms with van der Waals surface area (Å²) in [4.78, 5) is 10.9. The Morgan fingerprint density at radius 2 is 1.88 bits per heavy atom. The van der Waals surface area contributed by atoms with E-state index in [0.717, 1.165) is 22.4 Å². The lowest BCUT2D eigenvalue weighted by Crippen LogP contribution is -2.17. The van der Waals surface area contributed by atoms with Crippen LogP contribution in [0.15, 0.2) is 65.7 Å². The molecule has 174 valence electrons. The molecule has 2 N–H and O–H groups in total. The van der Waals surface area contributed by atoms with Crippen LogP contribution >= 0.6 is 11.3 Å². The van der Waals surface area contributed by atoms with Crippen molar-refractivity contribution < 1.29 is 26.7 Å². The van der Waals surface area contributed by atoms with E-state index >= 15 is 0 Å². The van der Waals surface area contributed by atoms with Gasteiger partial charge in [-0.15, -0.1) is 24.5 Å². The number of nitrogens with one attached hydrogen (secondary N) is 1. The van der Waals surface area contributed by atoms with Crippen molar-refractivity contribution in [3.63, 3.8) is 0 Å². The van der Waals surface area contributed by atoms with Gasteiger partial charge in [-0.1, -0.05) is 18.2 Å². The standard InChI is InChI=1S/C23H16F3N3O3S2/c24-23(25,26)32-18-7-2-1-6-16(18)20-11-17-19(33-20)9-8-13-12-27-22(29-21(13)17)28-14-4-3-5-15(10-14)34(30)31/h1-7,10-12H,8-9H2,(H,30,31)(H,27,28,29). The zero-order valence-corrected chi connectivity index (χ0v) is 18.9. The third-order valence-electron chi connectivity index (χ3n) is 5.22. The molecule has 1 atom stereocenters. The Kier molecular flexibility index (Phi) is 5.84. The number of ether oxygens (including phenoxy) is 1. The number of thiophene rings is 1. The van der Waals surface area contributed by atoms with E-state index in [2.05, 4.69) is 20.0 Å². The lowest BCUT2D eigenvalue weighted by Gasteiger charge is -2.16. The highest BCUT2D eigenvalue weighted by Crippen LogP contribution is 2.44. The minimum atomic E-state index is -4.78. The molecule has 1 aliphatic carbocycles. The Bertz CT molecular complexity index is 1410. The molecule has 0 amide bonds. The Morgan fingerprint density at radius 3 is 2.68 bits per heavy atom. The molecule has 5 rings (SSSR count). The smallest absolute Gasteiger partial charge is 0.405 e. The van der Waals surface area contributed by atoms with Gasteiger partial charge in [-0.2, -0.15) is 0 Å². The lowest BCUT2D eigenvalue weighted by atomic mass is 9.96. The molecule has 2 aromatic carbocycles. The van der Waals surface area contributed by atoms with Gasteiger partial charge in [-0.25, -0.2) is 14.2 Å². The van der Waals surface area contributed by atoms with Crippen molar-refractivity contribution in [2.24, 2.45) is 0 Å². The van der Waals surface area contributed by atoms with Crippen LogP contribution in [0, 0.1) is 0 Å². The van der Waals surface area contributed by atoms with E-state index < -0.39 is 17.4 Å². The van der Waals surface area contributed by atoms with Gasteiger partial charge in [0.25, 0.3) is 0 Å². The van der Waals surface area contributed by atoms with Gasteiger partial charge in [0.05, 0.1) is 10.6 Å². The highest BCUT2D eigenvalue weighted by Gasteiger charge is 2.32. The first-order chi connectivity index (χ1) is 16.3. The van der Waals surface area contributed by atoms with E-state index in [0.29, 0.717) is 34.2 Å². The van der Waals surface area contributed by atoms with Crippen LogP contribution in [0.3, 0.4) is 0 Å². The molecule has 2 aromatic heterocycles. The third-order valence-corrected chi connectivity index (χ3v) is 7.11. The summed E-state index contributed by atoms with van der Waals surface area (Å²) in [7, 11) is 0. The van der Waals surface area contributed by atoms with E-state index in [1.165, 1.54) is 35.6 Å². The Morgan fingerprint density at radius 1 is 1.06 bits per heavy atom. The number of aromatic nitrogens is 2. The van der Waals surface area contributed by atoms with Crippen LogP contribution < -0.4 is 10.1 Å². The quantitative estimate of drug-likeness (QED) is 0.316. The zero-order valence-electron chi connectivity index (χ0n) is 17.3. The van der Waals surface area contributed by atoms with Crippen molar-refractivity contribution in [1.29, 1.82) is 0 Å². The van der Waals surface area contributed by atoms with Gasteiger partial charge in [0.1, 0.15) is 5.75 Å². The Labute approximate surface area is 198 Å². The van der Waals surface area contributed by atoms with Crippen LogP contribution in [0.4, 0.5) is 24.8 Å². The number of para-hydroxylation sites is 1. The van der Waals surface area contributed by atoms with Crippen LogP contribution in [0.25, 0.3) is 21.7 Å². The molecule has 0 bridgehead atoms. The fraction of sp³-hybridized carbons (Fsp3) is 0.130. The van der Waals surface area contributed by atoms with Crippen LogP contribution in [0.2, 0.25) is 0 Å². The SMILES string of the molecule is O=S(O)c1cccc(Nc2ncc3c(n2)-c2cc(-c4ccccc4OC(F)(F)F)sc2CC3)c1. The molecule has 6 nitrogen and oxygen atoms in total. The summed E-state index contributed by atoms with van der Waals surface area (Å²) < 4.78 is 63.5. The fourth-order valence-electron chi connectivity index (χ4n) is 3.77. The van der Waals surface area contributed by atoms with Crippen LogP contribution in [0.1, 0.15) is 10.4 Å². The molecule has 4 aromatic rings. The van der Waals surface area contributed by atoms with Crippen molar-refractivity contribution in [2.75, 3.05) is 5.32 Å². The molecular weight excluding hydrogens is 487 g/mol. The maximum Gasteiger partial charge on any atom is 0.573 e. The molecule has 34 heavy (non-hydrogen) atoms. The Balaban J connectivity index is 1.50. The summed E-state index contributed by atoms with van der Waals surface area (Å²) in [5, 5.41) is 3.04. The number of rotatable bonds is 5. The number of aryl methyl sites for hydroxylation is 2. The van der Waals surface area contributed by atoms with E-state index in [4.69, 9.17) is 0 Å². The van der Waals surface area contributed by atoms with Crippen molar-refractivity contribution in [1.82, 2.24) is 9.97 Å². The zero-order chi connectivity index (χ0) is 23.9. The first-order valence-electron chi connectivity index (χ1n) is 10.1. The first-order valence-corrected chi connectivity index (χ1v) is 12.0. The average Bonchev–Trinajstić information content (AvgIpc) is 3.23. The second kappa shape index (κ2) is 8.82. The normalized spacial score (nSPS) is 13.6. The van der Waals surface area contributed by atoms with Crippen molar-refractivity contribution >= 4 is 34.1 Å². The molecule has 1 unspecified atom stereocenters. The number of anilines is 2. The predicted molar refractivity (Wildman–Crippen MR) is 124 cm³/mol. The van der Waals surface area contributed by atoms with Crippen LogP contribution in [0.5, 0.6) is 5.75 Å². The minimum Gasteiger partial charge on any atom is -0.405 e. The van der Waals surface area contributed by atoms with E-state index in [9.17, 15) is 21.9 Å². The number of hydrogen-bond acceptors (Lipinski definition) is 6. The molecule has 0 saturated carbocycles. The summed E-state index contributed by atoms with van der Waals surface area (Å²) in [6, 6.07) is 14.3.